The number of nitriles is 1. The summed E-state index contributed by atoms with van der Waals surface area (Å²) in [6.07, 6.45) is 6.41. The Balaban J connectivity index is 2.00. The number of hydrogen-bond acceptors (Lipinski definition) is 3. The highest BCUT2D eigenvalue weighted by molar-refractivity contribution is 6.30. The van der Waals surface area contributed by atoms with Crippen molar-refractivity contribution in [2.75, 3.05) is 5.32 Å². The van der Waals surface area contributed by atoms with Crippen LogP contribution in [0.15, 0.2) is 12.3 Å². The molecule has 1 heterocycles. The van der Waals surface area contributed by atoms with E-state index >= 15 is 0 Å². The van der Waals surface area contributed by atoms with Crippen molar-refractivity contribution in [3.8, 4) is 6.07 Å². The lowest BCUT2D eigenvalue weighted by molar-refractivity contribution is 0.173. The average molecular weight is 292 g/mol. The maximum absolute atomic E-state index is 9.16. The molecule has 0 bridgehead atoms. The Labute approximate surface area is 126 Å². The molecule has 0 aromatic carbocycles. The molecule has 3 nitrogen and oxygen atoms in total. The number of anilines is 1. The van der Waals surface area contributed by atoms with Crippen LogP contribution in [0.25, 0.3) is 0 Å². The Hall–Kier alpha value is -1.27. The number of nitrogens with one attached hydrogen (secondary N) is 1. The van der Waals surface area contributed by atoms with Gasteiger partial charge in [-0.25, -0.2) is 4.98 Å². The third-order valence-corrected chi connectivity index (χ3v) is 4.61. The fourth-order valence-electron chi connectivity index (χ4n) is 2.99. The minimum Gasteiger partial charge on any atom is -0.381 e. The van der Waals surface area contributed by atoms with Crippen molar-refractivity contribution in [3.63, 3.8) is 0 Å². The van der Waals surface area contributed by atoms with Crippen LogP contribution in [-0.2, 0) is 0 Å². The number of pyridine rings is 1. The van der Waals surface area contributed by atoms with Gasteiger partial charge in [-0.1, -0.05) is 32.4 Å². The van der Waals surface area contributed by atoms with Gasteiger partial charge in [-0.3, -0.25) is 0 Å². The highest BCUT2D eigenvalue weighted by atomic mass is 35.5. The second kappa shape index (κ2) is 6.01. The van der Waals surface area contributed by atoms with Gasteiger partial charge in [0.15, 0.2) is 0 Å². The zero-order valence-electron chi connectivity index (χ0n) is 12.4. The van der Waals surface area contributed by atoms with Crippen LogP contribution in [0, 0.1) is 22.7 Å². The van der Waals surface area contributed by atoms with E-state index in [0.29, 0.717) is 17.0 Å². The van der Waals surface area contributed by atoms with Gasteiger partial charge in [-0.2, -0.15) is 5.26 Å². The van der Waals surface area contributed by atoms with E-state index in [1.807, 2.05) is 6.07 Å². The zero-order valence-corrected chi connectivity index (χ0v) is 13.2. The number of aromatic nitrogens is 1. The van der Waals surface area contributed by atoms with Gasteiger partial charge < -0.3 is 5.32 Å². The first-order valence-corrected chi connectivity index (χ1v) is 7.60. The van der Waals surface area contributed by atoms with Gasteiger partial charge in [0.05, 0.1) is 5.69 Å². The fraction of sp³-hybridized carbons (Fsp3) is 0.625. The van der Waals surface area contributed by atoms with E-state index in [9.17, 15) is 0 Å². The summed E-state index contributed by atoms with van der Waals surface area (Å²) in [5, 5.41) is 12.9. The van der Waals surface area contributed by atoms with Gasteiger partial charge in [0.25, 0.3) is 0 Å². The normalized spacial score (nSPS) is 23.1. The molecule has 20 heavy (non-hydrogen) atoms. The van der Waals surface area contributed by atoms with Crippen molar-refractivity contribution in [2.45, 2.75) is 52.5 Å². The summed E-state index contributed by atoms with van der Waals surface area (Å²) in [5.74, 6) is 0.789. The van der Waals surface area contributed by atoms with E-state index < -0.39 is 0 Å². The van der Waals surface area contributed by atoms with E-state index in [1.54, 1.807) is 6.20 Å². The number of rotatable bonds is 2. The van der Waals surface area contributed by atoms with Crippen LogP contribution in [0.3, 0.4) is 0 Å². The summed E-state index contributed by atoms with van der Waals surface area (Å²) < 4.78 is 0. The van der Waals surface area contributed by atoms with E-state index in [1.165, 1.54) is 12.8 Å². The molecule has 1 fully saturated rings. The first-order chi connectivity index (χ1) is 9.41. The van der Waals surface area contributed by atoms with E-state index in [4.69, 9.17) is 16.9 Å². The molecule has 1 aromatic rings. The molecule has 0 saturated heterocycles. The second-order valence-corrected chi connectivity index (χ2v) is 7.05. The van der Waals surface area contributed by atoms with Crippen molar-refractivity contribution in [1.29, 1.82) is 5.26 Å². The standard InChI is InChI=1S/C16H22ClN3/c1-16(2,3)11-4-6-12(7-5-11)20-14-8-9-19-15(17)13(14)10-18/h8-9,11-12H,4-7H2,1-3H3,(H,19,20). The molecule has 0 spiro atoms. The van der Waals surface area contributed by atoms with Crippen LogP contribution < -0.4 is 5.32 Å². The Morgan fingerprint density at radius 2 is 1.95 bits per heavy atom. The molecule has 4 heteroatoms. The lowest BCUT2D eigenvalue weighted by Gasteiger charge is -2.37. The lowest BCUT2D eigenvalue weighted by Crippen LogP contribution is -2.31. The molecule has 2 rings (SSSR count). The Morgan fingerprint density at radius 1 is 1.30 bits per heavy atom. The minimum atomic E-state index is 0.279. The van der Waals surface area contributed by atoms with Gasteiger partial charge in [0.1, 0.15) is 16.8 Å². The maximum atomic E-state index is 9.16. The van der Waals surface area contributed by atoms with Crippen molar-refractivity contribution in [3.05, 3.63) is 23.0 Å². The molecule has 1 N–H and O–H groups in total. The van der Waals surface area contributed by atoms with Crippen molar-refractivity contribution in [2.24, 2.45) is 11.3 Å². The van der Waals surface area contributed by atoms with Gasteiger partial charge >= 0.3 is 0 Å². The van der Waals surface area contributed by atoms with Gasteiger partial charge in [0.2, 0.25) is 0 Å². The second-order valence-electron chi connectivity index (χ2n) is 6.70. The van der Waals surface area contributed by atoms with Crippen LogP contribution in [0.5, 0.6) is 0 Å². The van der Waals surface area contributed by atoms with Crippen LogP contribution in [0.1, 0.15) is 52.0 Å². The van der Waals surface area contributed by atoms with Gasteiger partial charge in [-0.05, 0) is 43.1 Å². The van der Waals surface area contributed by atoms with E-state index in [2.05, 4.69) is 37.1 Å². The number of halogens is 1. The molecule has 0 amide bonds. The monoisotopic (exact) mass is 291 g/mol. The molecule has 1 aliphatic carbocycles. The van der Waals surface area contributed by atoms with Crippen LogP contribution in [0.2, 0.25) is 5.15 Å². The third-order valence-electron chi connectivity index (χ3n) is 4.33. The largest absolute Gasteiger partial charge is 0.381 e. The minimum absolute atomic E-state index is 0.279. The number of hydrogen-bond donors (Lipinski definition) is 1. The van der Waals surface area contributed by atoms with Crippen molar-refractivity contribution in [1.82, 2.24) is 4.98 Å². The fourth-order valence-corrected chi connectivity index (χ4v) is 3.19. The summed E-state index contributed by atoms with van der Waals surface area (Å²) >= 11 is 5.96. The molecule has 1 aliphatic rings. The van der Waals surface area contributed by atoms with E-state index in [-0.39, 0.29) is 5.15 Å². The highest BCUT2D eigenvalue weighted by Crippen LogP contribution is 2.38. The van der Waals surface area contributed by atoms with Crippen LogP contribution in [0.4, 0.5) is 5.69 Å². The maximum Gasteiger partial charge on any atom is 0.148 e. The third kappa shape index (κ3) is 3.43. The highest BCUT2D eigenvalue weighted by Gasteiger charge is 2.29. The van der Waals surface area contributed by atoms with Crippen molar-refractivity contribution >= 4 is 17.3 Å². The Bertz CT molecular complexity index is 505. The summed E-state index contributed by atoms with van der Waals surface area (Å²) in [6, 6.07) is 4.39. The molecule has 0 aliphatic heterocycles. The molecule has 0 radical (unpaired) electrons. The number of nitrogens with zero attached hydrogens (tertiary/aromatic N) is 2. The summed E-state index contributed by atoms with van der Waals surface area (Å²) in [5.41, 5.74) is 1.65. The van der Waals surface area contributed by atoms with Gasteiger partial charge in [0, 0.05) is 12.2 Å². The predicted molar refractivity (Wildman–Crippen MR) is 82.8 cm³/mol. The summed E-state index contributed by atoms with van der Waals surface area (Å²) in [7, 11) is 0. The quantitative estimate of drug-likeness (QED) is 0.809. The zero-order chi connectivity index (χ0) is 14.8. The summed E-state index contributed by atoms with van der Waals surface area (Å²) in [4.78, 5) is 3.95. The van der Waals surface area contributed by atoms with E-state index in [0.717, 1.165) is 24.4 Å². The molecular formula is C16H22ClN3. The SMILES string of the molecule is CC(C)(C)C1CCC(Nc2ccnc(Cl)c2C#N)CC1. The molecule has 0 unspecified atom stereocenters. The first kappa shape index (κ1) is 15.1. The topological polar surface area (TPSA) is 48.7 Å². The predicted octanol–water partition coefficient (Wildman–Crippen LogP) is 4.62. The average Bonchev–Trinajstić information content (AvgIpc) is 2.38. The first-order valence-electron chi connectivity index (χ1n) is 7.23. The smallest absolute Gasteiger partial charge is 0.148 e. The van der Waals surface area contributed by atoms with Gasteiger partial charge in [-0.15, -0.1) is 0 Å². The van der Waals surface area contributed by atoms with Crippen molar-refractivity contribution < 1.29 is 0 Å². The van der Waals surface area contributed by atoms with Crippen LogP contribution in [-0.4, -0.2) is 11.0 Å². The molecule has 0 atom stereocenters. The Kier molecular flexibility index (Phi) is 4.55. The Morgan fingerprint density at radius 3 is 2.50 bits per heavy atom. The van der Waals surface area contributed by atoms with Crippen LogP contribution >= 0.6 is 11.6 Å². The molecule has 1 saturated carbocycles. The summed E-state index contributed by atoms with van der Waals surface area (Å²) in [6.45, 7) is 6.96. The molecule has 1 aromatic heterocycles. The lowest BCUT2D eigenvalue weighted by atomic mass is 9.71. The molecular weight excluding hydrogens is 270 g/mol. The molecule has 108 valence electrons.